The quantitative estimate of drug-likeness (QED) is 0.467. The van der Waals surface area contributed by atoms with E-state index in [1.54, 1.807) is 27.7 Å². The van der Waals surface area contributed by atoms with Crippen molar-refractivity contribution in [2.24, 2.45) is 17.8 Å². The Balaban J connectivity index is 2.88. The highest BCUT2D eigenvalue weighted by Crippen LogP contribution is 2.39. The lowest BCUT2D eigenvalue weighted by Gasteiger charge is -2.34. The highest BCUT2D eigenvalue weighted by Gasteiger charge is 2.50. The number of hydrogen-bond acceptors (Lipinski definition) is 9. The largest absolute Gasteiger partial charge is 0.367 e. The van der Waals surface area contributed by atoms with Gasteiger partial charge in [-0.2, -0.15) is 0 Å². The highest BCUT2D eigenvalue weighted by atomic mass is 17.0. The Morgan fingerprint density at radius 1 is 1.22 bits per heavy atom. The summed E-state index contributed by atoms with van der Waals surface area (Å²) in [5.74, 6) is -1.76. The molecule has 2 unspecified atom stereocenters. The van der Waals surface area contributed by atoms with E-state index in [2.05, 4.69) is 9.68 Å². The van der Waals surface area contributed by atoms with Crippen molar-refractivity contribution in [3.05, 3.63) is 20.2 Å². The molecule has 0 aromatic carbocycles. The van der Waals surface area contributed by atoms with Crippen molar-refractivity contribution in [3.8, 4) is 0 Å². The lowest BCUT2D eigenvalue weighted by Crippen LogP contribution is -2.45. The van der Waals surface area contributed by atoms with Crippen LogP contribution in [0, 0.1) is 38.0 Å². The van der Waals surface area contributed by atoms with E-state index in [4.69, 9.17) is 4.84 Å². The van der Waals surface area contributed by atoms with Gasteiger partial charge in [0.05, 0.1) is 11.5 Å². The summed E-state index contributed by atoms with van der Waals surface area (Å²) in [5.41, 5.74) is -0.800. The summed E-state index contributed by atoms with van der Waals surface area (Å²) in [7, 11) is 0. The van der Waals surface area contributed by atoms with Gasteiger partial charge in [0.25, 0.3) is 10.2 Å². The Hall–Kier alpha value is -2.17. The molecule has 0 amide bonds. The summed E-state index contributed by atoms with van der Waals surface area (Å²) in [5, 5.41) is 20.3. The molecule has 0 N–H and O–H groups in total. The van der Waals surface area contributed by atoms with Crippen LogP contribution in [0.5, 0.6) is 0 Å². The molecular formula is C12H21N3O8. The zero-order valence-electron chi connectivity index (χ0n) is 13.5. The third-order valence-electron chi connectivity index (χ3n) is 3.94. The van der Waals surface area contributed by atoms with E-state index in [1.165, 1.54) is 5.06 Å². The van der Waals surface area contributed by atoms with Gasteiger partial charge in [0.2, 0.25) is 0 Å². The van der Waals surface area contributed by atoms with E-state index in [-0.39, 0.29) is 25.7 Å². The van der Waals surface area contributed by atoms with E-state index in [1.807, 2.05) is 0 Å². The van der Waals surface area contributed by atoms with Crippen molar-refractivity contribution >= 4 is 5.97 Å². The molecule has 2 atom stereocenters. The number of hydrogen-bond donors (Lipinski definition) is 0. The molecule has 0 bridgehead atoms. The van der Waals surface area contributed by atoms with Crippen LogP contribution in [0.4, 0.5) is 0 Å². The molecule has 0 aromatic rings. The summed E-state index contributed by atoms with van der Waals surface area (Å²) in [6.07, 6.45) is 0. The Kier molecular flexibility index (Phi) is 6.07. The lowest BCUT2D eigenvalue weighted by molar-refractivity contribution is -0.763. The van der Waals surface area contributed by atoms with Crippen LogP contribution < -0.4 is 0 Å². The van der Waals surface area contributed by atoms with Crippen LogP contribution in [-0.4, -0.2) is 46.5 Å². The maximum absolute atomic E-state index is 11.8. The fourth-order valence-corrected chi connectivity index (χ4v) is 2.51. The van der Waals surface area contributed by atoms with Gasteiger partial charge < -0.3 is 14.5 Å². The van der Waals surface area contributed by atoms with Crippen LogP contribution in [0.2, 0.25) is 0 Å². The second-order valence-corrected chi connectivity index (χ2v) is 6.19. The predicted octanol–water partition coefficient (Wildman–Crippen LogP) is 0.844. The summed E-state index contributed by atoms with van der Waals surface area (Å²) in [4.78, 5) is 46.7. The highest BCUT2D eigenvalue weighted by molar-refractivity contribution is 5.71. The molecule has 1 fully saturated rings. The molecule has 23 heavy (non-hydrogen) atoms. The minimum atomic E-state index is -0.929. The Bertz CT molecular complexity index is 467. The molecule has 1 aliphatic heterocycles. The topological polar surface area (TPSA) is 134 Å². The number of carbonyl (C=O) groups is 1. The van der Waals surface area contributed by atoms with E-state index in [0.29, 0.717) is 0 Å². The van der Waals surface area contributed by atoms with Crippen molar-refractivity contribution in [2.45, 2.75) is 33.2 Å². The first-order chi connectivity index (χ1) is 10.6. The Labute approximate surface area is 132 Å². The maximum atomic E-state index is 11.8. The van der Waals surface area contributed by atoms with Gasteiger partial charge in [-0.1, -0.05) is 13.8 Å². The molecule has 11 heteroatoms. The van der Waals surface area contributed by atoms with Gasteiger partial charge in [-0.3, -0.25) is 4.79 Å². The Morgan fingerprint density at radius 2 is 1.74 bits per heavy atom. The summed E-state index contributed by atoms with van der Waals surface area (Å²) in [6, 6.07) is 0. The second kappa shape index (κ2) is 7.40. The second-order valence-electron chi connectivity index (χ2n) is 6.19. The zero-order valence-corrected chi connectivity index (χ0v) is 13.5. The van der Waals surface area contributed by atoms with Gasteiger partial charge in [0, 0.05) is 18.4 Å². The third kappa shape index (κ3) is 4.91. The molecule has 1 rings (SSSR count). The van der Waals surface area contributed by atoms with Gasteiger partial charge in [0.1, 0.15) is 13.2 Å². The van der Waals surface area contributed by atoms with Crippen molar-refractivity contribution in [3.63, 3.8) is 0 Å². The van der Waals surface area contributed by atoms with Crippen LogP contribution in [0.1, 0.15) is 27.7 Å². The average molecular weight is 335 g/mol. The van der Waals surface area contributed by atoms with E-state index in [0.717, 1.165) is 0 Å². The minimum Gasteiger partial charge on any atom is -0.367 e. The number of rotatable bonds is 8. The zero-order chi connectivity index (χ0) is 17.8. The molecular weight excluding hydrogens is 314 g/mol. The minimum absolute atomic E-state index is 0.158. The van der Waals surface area contributed by atoms with Gasteiger partial charge in [-0.25, -0.2) is 0 Å². The molecule has 0 radical (unpaired) electrons. The molecule has 1 aliphatic rings. The van der Waals surface area contributed by atoms with Crippen molar-refractivity contribution in [1.29, 1.82) is 0 Å². The van der Waals surface area contributed by atoms with Crippen LogP contribution in [0.3, 0.4) is 0 Å². The summed E-state index contributed by atoms with van der Waals surface area (Å²) >= 11 is 0. The van der Waals surface area contributed by atoms with E-state index >= 15 is 0 Å². The number of carbonyl (C=O) groups excluding carboxylic acids is 1. The van der Waals surface area contributed by atoms with Crippen molar-refractivity contribution < 1.29 is 29.5 Å². The molecule has 1 saturated heterocycles. The fraction of sp³-hybridized carbons (Fsp3) is 0.917. The molecule has 0 spiro atoms. The molecule has 0 aromatic heterocycles. The fourth-order valence-electron chi connectivity index (χ4n) is 2.51. The smallest absolute Gasteiger partial charge is 0.327 e. The van der Waals surface area contributed by atoms with Gasteiger partial charge in [-0.05, 0) is 13.8 Å². The molecule has 0 saturated carbocycles. The first kappa shape index (κ1) is 18.9. The van der Waals surface area contributed by atoms with Crippen molar-refractivity contribution in [1.82, 2.24) is 5.06 Å². The summed E-state index contributed by atoms with van der Waals surface area (Å²) < 4.78 is 0. The predicted molar refractivity (Wildman–Crippen MR) is 74.6 cm³/mol. The van der Waals surface area contributed by atoms with Gasteiger partial charge in [-0.15, -0.1) is 25.3 Å². The van der Waals surface area contributed by atoms with Crippen molar-refractivity contribution in [2.75, 3.05) is 19.8 Å². The number of hydroxylamine groups is 2. The molecule has 132 valence electrons. The average Bonchev–Trinajstić information content (AvgIpc) is 2.65. The van der Waals surface area contributed by atoms with Crippen LogP contribution in [-0.2, 0) is 19.3 Å². The standard InChI is InChI=1S/C12H21N3O8/c1-8(2)11(16)23-13-5-9(6-21-14(17)18)10(12(13,3)4)7-22-15(19)20/h8-10H,5-7H2,1-4H3. The van der Waals surface area contributed by atoms with Gasteiger partial charge in [0.15, 0.2) is 0 Å². The first-order valence-electron chi connectivity index (χ1n) is 7.09. The Morgan fingerprint density at radius 3 is 2.22 bits per heavy atom. The number of nitrogens with zero attached hydrogens (tertiary/aromatic N) is 3. The molecule has 0 aliphatic carbocycles. The molecule has 1 heterocycles. The SMILES string of the molecule is CC(C)C(=O)ON1CC(CO[N+](=O)[O-])C(CO[N+](=O)[O-])C1(C)C. The normalized spacial score (nSPS) is 23.5. The first-order valence-corrected chi connectivity index (χ1v) is 7.09. The maximum Gasteiger partial charge on any atom is 0.327 e. The van der Waals surface area contributed by atoms with E-state index in [9.17, 15) is 25.0 Å². The van der Waals surface area contributed by atoms with Crippen LogP contribution in [0.25, 0.3) is 0 Å². The molecule has 11 nitrogen and oxygen atoms in total. The third-order valence-corrected chi connectivity index (χ3v) is 3.94. The summed E-state index contributed by atoms with van der Waals surface area (Å²) in [6.45, 7) is 6.41. The van der Waals surface area contributed by atoms with E-state index < -0.39 is 33.5 Å². The van der Waals surface area contributed by atoms with Crippen LogP contribution >= 0.6 is 0 Å². The lowest BCUT2D eigenvalue weighted by atomic mass is 9.83. The van der Waals surface area contributed by atoms with Gasteiger partial charge >= 0.3 is 5.97 Å². The monoisotopic (exact) mass is 335 g/mol. The van der Waals surface area contributed by atoms with Crippen LogP contribution in [0.15, 0.2) is 0 Å².